The first-order valence-corrected chi connectivity index (χ1v) is 1.11. The monoisotopic (exact) mass is 135 g/mol. The van der Waals surface area contributed by atoms with Crippen LogP contribution in [-0.2, 0) is 9.59 Å². The molecule has 2 N–H and O–H groups in total. The van der Waals surface area contributed by atoms with Crippen LogP contribution < -0.4 is 0 Å². The Morgan fingerprint density at radius 3 is 1.12 bits per heavy atom. The minimum absolute atomic E-state index is 0. The molecule has 0 aliphatic carbocycles. The molecule has 0 heterocycles. The van der Waals surface area contributed by atoms with Gasteiger partial charge in [-0.05, 0) is 0 Å². The van der Waals surface area contributed by atoms with Gasteiger partial charge in [0.25, 0.3) is 0 Å². The van der Waals surface area contributed by atoms with Crippen molar-refractivity contribution in [3.05, 3.63) is 0 Å². The van der Waals surface area contributed by atoms with Crippen molar-refractivity contribution in [1.29, 1.82) is 0 Å². The molecule has 0 aromatic heterocycles. The summed E-state index contributed by atoms with van der Waals surface area (Å²) in [5.41, 5.74) is 0. The van der Waals surface area contributed by atoms with Gasteiger partial charge < -0.3 is 10.2 Å². The Kier molecular flexibility index (Phi) is 12.6. The van der Waals surface area contributed by atoms with Crippen molar-refractivity contribution in [3.63, 3.8) is 0 Å². The van der Waals surface area contributed by atoms with Gasteiger partial charge in [0.1, 0.15) is 0 Å². The summed E-state index contributed by atoms with van der Waals surface area (Å²) in [6.07, 6.45) is 0. The Hall–Kier alpha value is -0.565. The number of carbonyl (C=O) groups is 2. The Morgan fingerprint density at radius 1 is 1.00 bits per heavy atom. The van der Waals surface area contributed by atoms with Gasteiger partial charge >= 0.3 is 11.9 Å². The van der Waals surface area contributed by atoms with Crippen LogP contribution in [0.4, 0.5) is 0 Å². The van der Waals surface area contributed by atoms with Gasteiger partial charge in [0, 0.05) is 8.41 Å². The molecular weight excluding hydrogens is 130 g/mol. The summed E-state index contributed by atoms with van der Waals surface area (Å²) in [6, 6.07) is 0. The van der Waals surface area contributed by atoms with Crippen LogP contribution in [0.25, 0.3) is 0 Å². The molecule has 1 unspecified atom stereocenters. The first kappa shape index (κ1) is 15.7. The predicted molar refractivity (Wildman–Crippen MR) is 32.1 cm³/mol. The van der Waals surface area contributed by atoms with Crippen molar-refractivity contribution < 1.29 is 19.8 Å². The standard InChI is InChI=1S/C2H2O4.B.H3P/c3-1(4)2(5)6;;/h(H,3,4)(H,5,6);;1H3. The molecule has 8 heavy (non-hydrogen) atoms. The highest BCUT2D eigenvalue weighted by molar-refractivity contribution is 6.92. The fourth-order valence-electron chi connectivity index (χ4n) is 0. The van der Waals surface area contributed by atoms with E-state index in [9.17, 15) is 0 Å². The fraction of sp³-hybridized carbons (Fsp3) is 0. The first-order valence-electron chi connectivity index (χ1n) is 1.11. The van der Waals surface area contributed by atoms with Crippen LogP contribution in [0.3, 0.4) is 0 Å². The summed E-state index contributed by atoms with van der Waals surface area (Å²) >= 11 is 0. The normalized spacial score (nSPS) is 5.50. The maximum atomic E-state index is 9.10. The lowest BCUT2D eigenvalue weighted by molar-refractivity contribution is -0.159. The van der Waals surface area contributed by atoms with E-state index in [-0.39, 0.29) is 18.3 Å². The molecule has 45 valence electrons. The smallest absolute Gasteiger partial charge is 0.414 e. The van der Waals surface area contributed by atoms with Gasteiger partial charge in [-0.25, -0.2) is 9.59 Å². The third-order valence-electron chi connectivity index (χ3n) is 0.183. The van der Waals surface area contributed by atoms with E-state index in [1.807, 2.05) is 0 Å². The number of hydrogen-bond acceptors (Lipinski definition) is 2. The molecule has 3 radical (unpaired) electrons. The van der Waals surface area contributed by atoms with Gasteiger partial charge in [-0.15, -0.1) is 0 Å². The summed E-state index contributed by atoms with van der Waals surface area (Å²) in [6.45, 7) is 0. The summed E-state index contributed by atoms with van der Waals surface area (Å²) in [7, 11) is 0. The topological polar surface area (TPSA) is 74.6 Å². The summed E-state index contributed by atoms with van der Waals surface area (Å²) in [5.74, 6) is -3.65. The molecule has 6 heteroatoms. The molecule has 0 aliphatic heterocycles. The van der Waals surface area contributed by atoms with Crippen LogP contribution in [0.15, 0.2) is 0 Å². The second-order valence-electron chi connectivity index (χ2n) is 0.610. The third-order valence-corrected chi connectivity index (χ3v) is 0.183. The average molecular weight is 135 g/mol. The largest absolute Gasteiger partial charge is 0.473 e. The van der Waals surface area contributed by atoms with Crippen LogP contribution in [0.5, 0.6) is 0 Å². The van der Waals surface area contributed by atoms with Crippen molar-refractivity contribution in [1.82, 2.24) is 0 Å². The number of carboxylic acids is 2. The molecule has 0 spiro atoms. The SMILES string of the molecule is O=C(O)C(=O)O.P.[B]. The Balaban J connectivity index is -0.000000125. The zero-order chi connectivity index (χ0) is 5.15. The number of carboxylic acid groups (broad SMARTS) is 2. The van der Waals surface area contributed by atoms with Gasteiger partial charge in [-0.2, -0.15) is 9.90 Å². The van der Waals surface area contributed by atoms with E-state index in [0.29, 0.717) is 0 Å². The zero-order valence-corrected chi connectivity index (χ0v) is 5.41. The highest BCUT2D eigenvalue weighted by atomic mass is 31.0. The lowest BCUT2D eigenvalue weighted by Crippen LogP contribution is -2.09. The average Bonchev–Trinajstić information content (AvgIpc) is 1.36. The molecule has 0 saturated carbocycles. The van der Waals surface area contributed by atoms with Crippen LogP contribution in [-0.4, -0.2) is 30.6 Å². The second-order valence-corrected chi connectivity index (χ2v) is 0.610. The van der Waals surface area contributed by atoms with Gasteiger partial charge in [-0.1, -0.05) is 0 Å². The minimum atomic E-state index is -1.82. The summed E-state index contributed by atoms with van der Waals surface area (Å²) < 4.78 is 0. The van der Waals surface area contributed by atoms with E-state index in [1.54, 1.807) is 0 Å². The lowest BCUT2D eigenvalue weighted by Gasteiger charge is -1.72. The Bertz CT molecular complexity index is 80.0. The van der Waals surface area contributed by atoms with Gasteiger partial charge in [0.2, 0.25) is 0 Å². The minimum Gasteiger partial charge on any atom is -0.473 e. The predicted octanol–water partition coefficient (Wildman–Crippen LogP) is -1.17. The molecule has 4 nitrogen and oxygen atoms in total. The maximum Gasteiger partial charge on any atom is 0.414 e. The van der Waals surface area contributed by atoms with Crippen molar-refractivity contribution in [2.75, 3.05) is 0 Å². The molecule has 0 amide bonds. The Morgan fingerprint density at radius 2 is 1.12 bits per heavy atom. The molecular formula is C2H5BO4P. The number of hydrogen-bond donors (Lipinski definition) is 2. The van der Waals surface area contributed by atoms with E-state index in [4.69, 9.17) is 19.8 Å². The van der Waals surface area contributed by atoms with Crippen molar-refractivity contribution in [2.45, 2.75) is 0 Å². The molecule has 0 saturated heterocycles. The molecule has 0 aromatic carbocycles. The van der Waals surface area contributed by atoms with E-state index in [1.165, 1.54) is 0 Å². The number of rotatable bonds is 0. The van der Waals surface area contributed by atoms with Gasteiger partial charge in [-0.3, -0.25) is 0 Å². The third kappa shape index (κ3) is 9.06. The molecule has 0 rings (SSSR count). The van der Waals surface area contributed by atoms with Crippen LogP contribution in [0.2, 0.25) is 0 Å². The molecule has 0 aromatic rings. The highest BCUT2D eigenvalue weighted by Gasteiger charge is 2.04. The van der Waals surface area contributed by atoms with Crippen LogP contribution >= 0.6 is 9.90 Å². The summed E-state index contributed by atoms with van der Waals surface area (Å²) in [4.78, 5) is 18.2. The molecule has 0 bridgehead atoms. The van der Waals surface area contributed by atoms with E-state index in [0.717, 1.165) is 0 Å². The number of aliphatic carboxylic acids is 2. The Labute approximate surface area is 51.1 Å². The van der Waals surface area contributed by atoms with Gasteiger partial charge in [0.15, 0.2) is 0 Å². The van der Waals surface area contributed by atoms with Crippen LogP contribution in [0.1, 0.15) is 0 Å². The molecule has 1 atom stereocenters. The highest BCUT2D eigenvalue weighted by Crippen LogP contribution is 1.56. The molecule has 0 aliphatic rings. The lowest BCUT2D eigenvalue weighted by atomic mass is 10.7. The molecule has 0 fully saturated rings. The fourth-order valence-corrected chi connectivity index (χ4v) is 0. The maximum absolute atomic E-state index is 9.10. The second kappa shape index (κ2) is 6.43. The van der Waals surface area contributed by atoms with Crippen molar-refractivity contribution in [2.24, 2.45) is 0 Å². The van der Waals surface area contributed by atoms with Crippen LogP contribution in [0, 0.1) is 0 Å². The van der Waals surface area contributed by atoms with E-state index < -0.39 is 11.9 Å². The van der Waals surface area contributed by atoms with Gasteiger partial charge in [0.05, 0.1) is 0 Å². The van der Waals surface area contributed by atoms with E-state index in [2.05, 4.69) is 0 Å². The quantitative estimate of drug-likeness (QED) is 0.249. The first-order chi connectivity index (χ1) is 2.64. The zero-order valence-electron chi connectivity index (χ0n) is 4.00. The van der Waals surface area contributed by atoms with Crippen molar-refractivity contribution >= 4 is 30.3 Å². The summed E-state index contributed by atoms with van der Waals surface area (Å²) in [5, 5.41) is 14.8. The van der Waals surface area contributed by atoms with E-state index >= 15 is 0 Å². The van der Waals surface area contributed by atoms with Crippen molar-refractivity contribution in [3.8, 4) is 0 Å².